The molecule has 3 unspecified atom stereocenters. The first kappa shape index (κ1) is 15.4. The predicted molar refractivity (Wildman–Crippen MR) is 89.3 cm³/mol. The monoisotopic (exact) mass is 326 g/mol. The van der Waals surface area contributed by atoms with Gasteiger partial charge in [-0.05, 0) is 37.8 Å². The first-order valence-electron chi connectivity index (χ1n) is 8.86. The molecule has 5 heteroatoms. The molecule has 1 aliphatic carbocycles. The van der Waals surface area contributed by atoms with Crippen molar-refractivity contribution in [1.82, 2.24) is 4.90 Å². The van der Waals surface area contributed by atoms with Gasteiger partial charge in [-0.15, -0.1) is 0 Å². The van der Waals surface area contributed by atoms with Crippen LogP contribution in [-0.4, -0.2) is 35.2 Å². The van der Waals surface area contributed by atoms with E-state index in [4.69, 9.17) is 0 Å². The number of para-hydroxylation sites is 1. The number of benzene rings is 1. The zero-order valence-corrected chi connectivity index (χ0v) is 13.9. The van der Waals surface area contributed by atoms with E-state index in [0.29, 0.717) is 6.54 Å². The van der Waals surface area contributed by atoms with Gasteiger partial charge in [0.15, 0.2) is 0 Å². The molecule has 2 heterocycles. The summed E-state index contributed by atoms with van der Waals surface area (Å²) < 4.78 is 0. The third-order valence-electron chi connectivity index (χ3n) is 5.77. The van der Waals surface area contributed by atoms with E-state index in [1.54, 1.807) is 11.8 Å². The van der Waals surface area contributed by atoms with Crippen molar-refractivity contribution in [3.8, 4) is 0 Å². The average molecular weight is 326 g/mol. The highest BCUT2D eigenvalue weighted by molar-refractivity contribution is 6.10. The SMILES string of the molecule is CC(C(=O)N1CCc2ccccc21)N1C(=O)C2CCCCC2C1=O. The van der Waals surface area contributed by atoms with Gasteiger partial charge in [0.25, 0.3) is 0 Å². The number of rotatable bonds is 2. The highest BCUT2D eigenvalue weighted by Gasteiger charge is 2.51. The topological polar surface area (TPSA) is 57.7 Å². The maximum absolute atomic E-state index is 13.0. The average Bonchev–Trinajstić information content (AvgIpc) is 3.14. The number of anilines is 1. The molecule has 1 saturated heterocycles. The number of amides is 3. The van der Waals surface area contributed by atoms with Crippen LogP contribution in [0.25, 0.3) is 0 Å². The zero-order chi connectivity index (χ0) is 16.8. The molecule has 0 spiro atoms. The van der Waals surface area contributed by atoms with Crippen LogP contribution in [0.2, 0.25) is 0 Å². The van der Waals surface area contributed by atoms with Crippen LogP contribution in [0.5, 0.6) is 0 Å². The smallest absolute Gasteiger partial charge is 0.250 e. The summed E-state index contributed by atoms with van der Waals surface area (Å²) in [6, 6.07) is 7.11. The molecular formula is C19H22N2O3. The van der Waals surface area contributed by atoms with E-state index in [2.05, 4.69) is 0 Å². The minimum atomic E-state index is -0.721. The third kappa shape index (κ3) is 2.18. The minimum Gasteiger partial charge on any atom is -0.310 e. The van der Waals surface area contributed by atoms with Crippen molar-refractivity contribution in [1.29, 1.82) is 0 Å². The molecule has 2 aliphatic heterocycles. The Kier molecular flexibility index (Phi) is 3.66. The van der Waals surface area contributed by atoms with E-state index in [-0.39, 0.29) is 29.6 Å². The predicted octanol–water partition coefficient (Wildman–Crippen LogP) is 2.14. The molecule has 5 nitrogen and oxygen atoms in total. The molecule has 0 N–H and O–H groups in total. The lowest BCUT2D eigenvalue weighted by Crippen LogP contribution is -2.49. The number of carbonyl (C=O) groups excluding carboxylic acids is 3. The lowest BCUT2D eigenvalue weighted by molar-refractivity contribution is -0.146. The Hall–Kier alpha value is -2.17. The van der Waals surface area contributed by atoms with E-state index < -0.39 is 6.04 Å². The van der Waals surface area contributed by atoms with Gasteiger partial charge in [-0.1, -0.05) is 31.0 Å². The number of carbonyl (C=O) groups is 3. The fraction of sp³-hybridized carbons (Fsp3) is 0.526. The van der Waals surface area contributed by atoms with Crippen molar-refractivity contribution in [2.75, 3.05) is 11.4 Å². The van der Waals surface area contributed by atoms with Crippen LogP contribution in [-0.2, 0) is 20.8 Å². The fourth-order valence-corrected chi connectivity index (χ4v) is 4.47. The molecule has 126 valence electrons. The number of hydrogen-bond acceptors (Lipinski definition) is 3. The molecule has 3 atom stereocenters. The van der Waals surface area contributed by atoms with Gasteiger partial charge in [0, 0.05) is 12.2 Å². The van der Waals surface area contributed by atoms with Gasteiger partial charge in [-0.3, -0.25) is 19.3 Å². The summed E-state index contributed by atoms with van der Waals surface area (Å²) in [6.07, 6.45) is 4.37. The Labute approximate surface area is 141 Å². The van der Waals surface area contributed by atoms with Crippen LogP contribution in [0.3, 0.4) is 0 Å². The van der Waals surface area contributed by atoms with Gasteiger partial charge < -0.3 is 4.90 Å². The minimum absolute atomic E-state index is 0.141. The van der Waals surface area contributed by atoms with Crippen molar-refractivity contribution < 1.29 is 14.4 Å². The summed E-state index contributed by atoms with van der Waals surface area (Å²) in [6.45, 7) is 2.31. The van der Waals surface area contributed by atoms with E-state index in [0.717, 1.165) is 43.4 Å². The first-order valence-corrected chi connectivity index (χ1v) is 8.86. The largest absolute Gasteiger partial charge is 0.310 e. The Morgan fingerprint density at radius 2 is 1.71 bits per heavy atom. The van der Waals surface area contributed by atoms with Crippen molar-refractivity contribution in [2.45, 2.75) is 45.1 Å². The summed E-state index contributed by atoms with van der Waals surface area (Å²) in [5.74, 6) is -0.837. The molecule has 1 aromatic carbocycles. The first-order chi connectivity index (χ1) is 11.6. The van der Waals surface area contributed by atoms with Crippen molar-refractivity contribution >= 4 is 23.4 Å². The third-order valence-corrected chi connectivity index (χ3v) is 5.77. The number of hydrogen-bond donors (Lipinski definition) is 0. The lowest BCUT2D eigenvalue weighted by Gasteiger charge is -2.27. The number of nitrogens with zero attached hydrogens (tertiary/aromatic N) is 2. The second-order valence-corrected chi connectivity index (χ2v) is 7.09. The number of likely N-dealkylation sites (tertiary alicyclic amines) is 1. The van der Waals surface area contributed by atoms with Crippen molar-refractivity contribution in [3.63, 3.8) is 0 Å². The lowest BCUT2D eigenvalue weighted by atomic mass is 9.81. The highest BCUT2D eigenvalue weighted by atomic mass is 16.2. The van der Waals surface area contributed by atoms with Gasteiger partial charge in [-0.25, -0.2) is 0 Å². The molecule has 24 heavy (non-hydrogen) atoms. The number of imide groups is 1. The molecule has 3 aliphatic rings. The van der Waals surface area contributed by atoms with Crippen LogP contribution in [0.1, 0.15) is 38.2 Å². The maximum atomic E-state index is 13.0. The Morgan fingerprint density at radius 3 is 2.38 bits per heavy atom. The summed E-state index contributed by atoms with van der Waals surface area (Å²) >= 11 is 0. The van der Waals surface area contributed by atoms with Crippen LogP contribution in [0, 0.1) is 11.8 Å². The van der Waals surface area contributed by atoms with Gasteiger partial charge in [0.1, 0.15) is 6.04 Å². The Bertz CT molecular complexity index is 690. The van der Waals surface area contributed by atoms with Gasteiger partial charge in [0.05, 0.1) is 11.8 Å². The van der Waals surface area contributed by atoms with Crippen LogP contribution < -0.4 is 4.90 Å². The van der Waals surface area contributed by atoms with E-state index >= 15 is 0 Å². The number of fused-ring (bicyclic) bond motifs is 2. The molecule has 1 aromatic rings. The fourth-order valence-electron chi connectivity index (χ4n) is 4.47. The normalized spacial score (nSPS) is 27.2. The van der Waals surface area contributed by atoms with E-state index in [9.17, 15) is 14.4 Å². The van der Waals surface area contributed by atoms with Crippen LogP contribution in [0.4, 0.5) is 5.69 Å². The quantitative estimate of drug-likeness (QED) is 0.783. The van der Waals surface area contributed by atoms with Gasteiger partial charge >= 0.3 is 0 Å². The molecule has 3 amide bonds. The van der Waals surface area contributed by atoms with E-state index in [1.807, 2.05) is 24.3 Å². The molecule has 2 fully saturated rings. The Morgan fingerprint density at radius 1 is 1.08 bits per heavy atom. The molecule has 0 aromatic heterocycles. The molecule has 4 rings (SSSR count). The van der Waals surface area contributed by atoms with Gasteiger partial charge in [-0.2, -0.15) is 0 Å². The van der Waals surface area contributed by atoms with Crippen molar-refractivity contribution in [3.05, 3.63) is 29.8 Å². The summed E-state index contributed by atoms with van der Waals surface area (Å²) in [5.41, 5.74) is 2.05. The standard InChI is InChI=1S/C19H22N2O3/c1-12(17(22)20-11-10-13-6-2-5-9-16(13)20)21-18(23)14-7-3-4-8-15(14)19(21)24/h2,5-6,9,12,14-15H,3-4,7-8,10-11H2,1H3. The van der Waals surface area contributed by atoms with Crippen LogP contribution >= 0.6 is 0 Å². The second-order valence-electron chi connectivity index (χ2n) is 7.09. The zero-order valence-electron chi connectivity index (χ0n) is 13.9. The van der Waals surface area contributed by atoms with E-state index in [1.165, 1.54) is 4.90 Å². The van der Waals surface area contributed by atoms with Crippen molar-refractivity contribution in [2.24, 2.45) is 11.8 Å². The highest BCUT2D eigenvalue weighted by Crippen LogP contribution is 2.39. The summed E-state index contributed by atoms with van der Waals surface area (Å²) in [4.78, 5) is 41.3. The molecule has 0 bridgehead atoms. The van der Waals surface area contributed by atoms with Crippen LogP contribution in [0.15, 0.2) is 24.3 Å². The Balaban J connectivity index is 1.58. The molecular weight excluding hydrogens is 304 g/mol. The summed E-state index contributed by atoms with van der Waals surface area (Å²) in [7, 11) is 0. The molecule has 0 radical (unpaired) electrons. The summed E-state index contributed by atoms with van der Waals surface area (Å²) in [5, 5.41) is 0. The maximum Gasteiger partial charge on any atom is 0.250 e. The molecule has 1 saturated carbocycles. The van der Waals surface area contributed by atoms with Gasteiger partial charge in [0.2, 0.25) is 17.7 Å². The second kappa shape index (κ2) is 5.72.